The predicted octanol–water partition coefficient (Wildman–Crippen LogP) is 2.54. The molecule has 1 saturated heterocycles. The SMILES string of the molecule is COC1(C(=O)N(C)c2cccc(C(C)C)c2)CCNCC1. The smallest absolute Gasteiger partial charge is 0.259 e. The monoisotopic (exact) mass is 290 g/mol. The summed E-state index contributed by atoms with van der Waals surface area (Å²) in [6, 6.07) is 8.18. The van der Waals surface area contributed by atoms with E-state index < -0.39 is 5.60 Å². The number of methoxy groups -OCH3 is 1. The number of nitrogens with zero attached hydrogens (tertiary/aromatic N) is 1. The summed E-state index contributed by atoms with van der Waals surface area (Å²) in [5.74, 6) is 0.496. The third-order valence-corrected chi connectivity index (χ3v) is 4.42. The van der Waals surface area contributed by atoms with Crippen molar-refractivity contribution >= 4 is 11.6 Å². The molecule has 1 amide bonds. The largest absolute Gasteiger partial charge is 0.368 e. The lowest BCUT2D eigenvalue weighted by Gasteiger charge is -2.37. The highest BCUT2D eigenvalue weighted by Crippen LogP contribution is 2.28. The number of anilines is 1. The number of likely N-dealkylation sites (N-methyl/N-ethyl adjacent to an activating group) is 1. The zero-order chi connectivity index (χ0) is 15.5. The van der Waals surface area contributed by atoms with Gasteiger partial charge in [-0.1, -0.05) is 26.0 Å². The minimum Gasteiger partial charge on any atom is -0.368 e. The van der Waals surface area contributed by atoms with Crippen molar-refractivity contribution in [1.82, 2.24) is 5.32 Å². The van der Waals surface area contributed by atoms with Crippen LogP contribution in [0.3, 0.4) is 0 Å². The van der Waals surface area contributed by atoms with E-state index in [1.54, 1.807) is 12.0 Å². The molecule has 116 valence electrons. The fourth-order valence-corrected chi connectivity index (χ4v) is 2.85. The zero-order valence-corrected chi connectivity index (χ0v) is 13.5. The molecule has 0 radical (unpaired) electrons. The molecule has 1 aliphatic heterocycles. The van der Waals surface area contributed by atoms with Crippen molar-refractivity contribution in [3.8, 4) is 0 Å². The summed E-state index contributed by atoms with van der Waals surface area (Å²) < 4.78 is 5.63. The summed E-state index contributed by atoms with van der Waals surface area (Å²) in [7, 11) is 3.48. The van der Waals surface area contributed by atoms with E-state index in [1.807, 2.05) is 19.2 Å². The molecule has 4 nitrogen and oxygen atoms in total. The van der Waals surface area contributed by atoms with Gasteiger partial charge in [-0.25, -0.2) is 0 Å². The lowest BCUT2D eigenvalue weighted by Crippen LogP contribution is -2.54. The Balaban J connectivity index is 2.23. The number of piperidine rings is 1. The van der Waals surface area contributed by atoms with Crippen LogP contribution in [0.15, 0.2) is 24.3 Å². The Labute approximate surface area is 127 Å². The van der Waals surface area contributed by atoms with Gasteiger partial charge < -0.3 is 15.0 Å². The maximum absolute atomic E-state index is 12.9. The predicted molar refractivity (Wildman–Crippen MR) is 85.8 cm³/mol. The van der Waals surface area contributed by atoms with Crippen LogP contribution in [0.1, 0.15) is 38.2 Å². The zero-order valence-electron chi connectivity index (χ0n) is 13.5. The van der Waals surface area contributed by atoms with Crippen LogP contribution in [-0.4, -0.2) is 38.8 Å². The maximum Gasteiger partial charge on any atom is 0.259 e. The number of hydrogen-bond donors (Lipinski definition) is 1. The van der Waals surface area contributed by atoms with Gasteiger partial charge in [0.25, 0.3) is 5.91 Å². The first kappa shape index (κ1) is 16.0. The van der Waals surface area contributed by atoms with Crippen LogP contribution in [0.5, 0.6) is 0 Å². The summed E-state index contributed by atoms with van der Waals surface area (Å²) in [5.41, 5.74) is 1.48. The topological polar surface area (TPSA) is 41.6 Å². The molecule has 4 heteroatoms. The Morgan fingerprint density at radius 3 is 2.57 bits per heavy atom. The van der Waals surface area contributed by atoms with E-state index in [9.17, 15) is 4.79 Å². The number of nitrogens with one attached hydrogen (secondary N) is 1. The second kappa shape index (κ2) is 6.58. The summed E-state index contributed by atoms with van der Waals surface area (Å²) in [5, 5.41) is 3.28. The maximum atomic E-state index is 12.9. The second-order valence-electron chi connectivity index (χ2n) is 6.06. The van der Waals surface area contributed by atoms with Crippen molar-refractivity contribution in [1.29, 1.82) is 0 Å². The van der Waals surface area contributed by atoms with Crippen LogP contribution in [0, 0.1) is 0 Å². The van der Waals surface area contributed by atoms with Gasteiger partial charge in [-0.3, -0.25) is 4.79 Å². The Morgan fingerprint density at radius 2 is 2.00 bits per heavy atom. The van der Waals surface area contributed by atoms with Crippen molar-refractivity contribution < 1.29 is 9.53 Å². The van der Waals surface area contributed by atoms with Crippen LogP contribution in [0.2, 0.25) is 0 Å². The minimum absolute atomic E-state index is 0.0485. The lowest BCUT2D eigenvalue weighted by atomic mass is 9.90. The molecule has 0 aromatic heterocycles. The first-order chi connectivity index (χ1) is 10.00. The van der Waals surface area contributed by atoms with E-state index in [2.05, 4.69) is 31.3 Å². The Hall–Kier alpha value is -1.39. The van der Waals surface area contributed by atoms with Gasteiger partial charge in [-0.05, 0) is 49.5 Å². The van der Waals surface area contributed by atoms with Crippen molar-refractivity contribution in [2.75, 3.05) is 32.1 Å². The molecule has 1 fully saturated rings. The van der Waals surface area contributed by atoms with Gasteiger partial charge in [0.05, 0.1) is 0 Å². The molecular weight excluding hydrogens is 264 g/mol. The molecule has 1 N–H and O–H groups in total. The molecule has 0 unspecified atom stereocenters. The minimum atomic E-state index is -0.687. The van der Waals surface area contributed by atoms with Crippen molar-refractivity contribution in [3.05, 3.63) is 29.8 Å². The van der Waals surface area contributed by atoms with Gasteiger partial charge in [0.1, 0.15) is 5.60 Å². The molecular formula is C17H26N2O2. The van der Waals surface area contributed by atoms with Crippen LogP contribution in [0.25, 0.3) is 0 Å². The average Bonchev–Trinajstić information content (AvgIpc) is 2.54. The van der Waals surface area contributed by atoms with E-state index >= 15 is 0 Å². The molecule has 1 aromatic rings. The highest BCUT2D eigenvalue weighted by molar-refractivity contribution is 5.99. The Kier molecular flexibility index (Phi) is 5.01. The van der Waals surface area contributed by atoms with Gasteiger partial charge >= 0.3 is 0 Å². The third kappa shape index (κ3) is 3.27. The quantitative estimate of drug-likeness (QED) is 0.926. The molecule has 0 saturated carbocycles. The molecule has 0 atom stereocenters. The summed E-state index contributed by atoms with van der Waals surface area (Å²) in [6.07, 6.45) is 1.44. The molecule has 0 aliphatic carbocycles. The average molecular weight is 290 g/mol. The number of ether oxygens (including phenoxy) is 1. The van der Waals surface area contributed by atoms with Gasteiger partial charge in [-0.15, -0.1) is 0 Å². The number of carbonyl (C=O) groups is 1. The summed E-state index contributed by atoms with van der Waals surface area (Å²) in [6.45, 7) is 5.95. The summed E-state index contributed by atoms with van der Waals surface area (Å²) in [4.78, 5) is 14.6. The number of benzene rings is 1. The number of rotatable bonds is 4. The van der Waals surface area contributed by atoms with E-state index in [4.69, 9.17) is 4.74 Å². The van der Waals surface area contributed by atoms with Gasteiger partial charge in [0.2, 0.25) is 0 Å². The van der Waals surface area contributed by atoms with Crippen LogP contribution >= 0.6 is 0 Å². The molecule has 0 bridgehead atoms. The third-order valence-electron chi connectivity index (χ3n) is 4.42. The number of amides is 1. The highest BCUT2D eigenvalue weighted by Gasteiger charge is 2.41. The lowest BCUT2D eigenvalue weighted by molar-refractivity contribution is -0.143. The Morgan fingerprint density at radius 1 is 1.33 bits per heavy atom. The van der Waals surface area contributed by atoms with Crippen molar-refractivity contribution in [2.45, 2.75) is 38.2 Å². The van der Waals surface area contributed by atoms with Crippen LogP contribution in [-0.2, 0) is 9.53 Å². The Bertz CT molecular complexity index is 493. The van der Waals surface area contributed by atoms with Crippen LogP contribution < -0.4 is 10.2 Å². The van der Waals surface area contributed by atoms with E-state index in [1.165, 1.54) is 5.56 Å². The number of carbonyl (C=O) groups excluding carboxylic acids is 1. The van der Waals surface area contributed by atoms with E-state index in [-0.39, 0.29) is 5.91 Å². The fraction of sp³-hybridized carbons (Fsp3) is 0.588. The molecule has 0 spiro atoms. The van der Waals surface area contributed by atoms with E-state index in [0.29, 0.717) is 5.92 Å². The first-order valence-electron chi connectivity index (χ1n) is 7.64. The molecule has 1 heterocycles. The van der Waals surface area contributed by atoms with Crippen molar-refractivity contribution in [2.24, 2.45) is 0 Å². The van der Waals surface area contributed by atoms with Gasteiger partial charge in [0.15, 0.2) is 0 Å². The first-order valence-corrected chi connectivity index (χ1v) is 7.64. The van der Waals surface area contributed by atoms with Crippen molar-refractivity contribution in [3.63, 3.8) is 0 Å². The fourth-order valence-electron chi connectivity index (χ4n) is 2.85. The molecule has 21 heavy (non-hydrogen) atoms. The normalized spacial score (nSPS) is 17.8. The highest BCUT2D eigenvalue weighted by atomic mass is 16.5. The number of hydrogen-bond acceptors (Lipinski definition) is 3. The molecule has 2 rings (SSSR count). The molecule has 1 aromatic carbocycles. The van der Waals surface area contributed by atoms with Gasteiger partial charge in [-0.2, -0.15) is 0 Å². The van der Waals surface area contributed by atoms with E-state index in [0.717, 1.165) is 31.6 Å². The molecule has 1 aliphatic rings. The van der Waals surface area contributed by atoms with Gasteiger partial charge in [0, 0.05) is 19.8 Å². The summed E-state index contributed by atoms with van der Waals surface area (Å²) >= 11 is 0. The van der Waals surface area contributed by atoms with Crippen LogP contribution in [0.4, 0.5) is 5.69 Å². The second-order valence-corrected chi connectivity index (χ2v) is 6.06. The standard InChI is InChI=1S/C17H26N2O2/c1-13(2)14-6-5-7-15(12-14)19(3)16(20)17(21-4)8-10-18-11-9-17/h5-7,12-13,18H,8-11H2,1-4H3.